The second-order valence-electron chi connectivity index (χ2n) is 4.54. The minimum absolute atomic E-state index is 0.415. The summed E-state index contributed by atoms with van der Waals surface area (Å²) in [6.45, 7) is 0. The lowest BCUT2D eigenvalue weighted by atomic mass is 10.0. The van der Waals surface area contributed by atoms with Crippen molar-refractivity contribution in [3.63, 3.8) is 0 Å². The van der Waals surface area contributed by atoms with Crippen molar-refractivity contribution in [2.24, 2.45) is 0 Å². The molecule has 0 aliphatic carbocycles. The molecule has 2 aromatic rings. The second-order valence-corrected chi connectivity index (χ2v) is 4.54. The van der Waals surface area contributed by atoms with Gasteiger partial charge < -0.3 is 9.47 Å². The van der Waals surface area contributed by atoms with Gasteiger partial charge in [0.15, 0.2) is 23.3 Å². The maximum Gasteiger partial charge on any atom is 0.340 e. The van der Waals surface area contributed by atoms with Crippen molar-refractivity contribution < 1.29 is 41.0 Å². The van der Waals surface area contributed by atoms with E-state index in [2.05, 4.69) is 14.5 Å². The van der Waals surface area contributed by atoms with Gasteiger partial charge >= 0.3 is 11.9 Å². The topological polar surface area (TPSA) is 65.5 Å². The fourth-order valence-corrected chi connectivity index (χ4v) is 1.97. The van der Waals surface area contributed by atoms with E-state index in [1.807, 2.05) is 0 Å². The standard InChI is InChI=1S/C15H8F5NO4/c1-24-14(22)5-3-7(21-4-6(5)15(23)25-2)8-9(16)11(18)13(20)12(19)10(8)17/h3-4H,1-2H3. The Hall–Kier alpha value is -3.04. The molecule has 1 heterocycles. The van der Waals surface area contributed by atoms with Gasteiger partial charge in [-0.3, -0.25) is 4.98 Å². The molecule has 132 valence electrons. The molecule has 0 atom stereocenters. The van der Waals surface area contributed by atoms with E-state index < -0.39 is 63.4 Å². The minimum Gasteiger partial charge on any atom is -0.465 e. The van der Waals surface area contributed by atoms with Crippen LogP contribution in [0.5, 0.6) is 0 Å². The molecule has 0 aliphatic heterocycles. The first kappa shape index (κ1) is 18.3. The van der Waals surface area contributed by atoms with Gasteiger partial charge in [0.05, 0.1) is 36.6 Å². The highest BCUT2D eigenvalue weighted by Gasteiger charge is 2.29. The zero-order valence-corrected chi connectivity index (χ0v) is 12.6. The highest BCUT2D eigenvalue weighted by molar-refractivity contribution is 6.03. The van der Waals surface area contributed by atoms with E-state index in [0.717, 1.165) is 14.2 Å². The third kappa shape index (κ3) is 3.02. The summed E-state index contributed by atoms with van der Waals surface area (Å²) in [4.78, 5) is 26.8. The molecule has 1 aromatic carbocycles. The summed E-state index contributed by atoms with van der Waals surface area (Å²) in [5.41, 5.74) is -3.05. The number of hydrogen-bond acceptors (Lipinski definition) is 5. The van der Waals surface area contributed by atoms with Crippen molar-refractivity contribution in [2.45, 2.75) is 0 Å². The normalized spacial score (nSPS) is 10.5. The molecule has 0 spiro atoms. The number of rotatable bonds is 3. The van der Waals surface area contributed by atoms with Crippen molar-refractivity contribution >= 4 is 11.9 Å². The number of benzene rings is 1. The number of nitrogens with zero attached hydrogens (tertiary/aromatic N) is 1. The van der Waals surface area contributed by atoms with Crippen LogP contribution in [0.15, 0.2) is 12.3 Å². The predicted octanol–water partition coefficient (Wildman–Crippen LogP) is 3.02. The van der Waals surface area contributed by atoms with Crippen LogP contribution in [0.2, 0.25) is 0 Å². The largest absolute Gasteiger partial charge is 0.465 e. The van der Waals surface area contributed by atoms with Gasteiger partial charge in [-0.05, 0) is 6.07 Å². The Morgan fingerprint density at radius 2 is 1.24 bits per heavy atom. The lowest BCUT2D eigenvalue weighted by Gasteiger charge is -2.11. The van der Waals surface area contributed by atoms with Crippen LogP contribution in [0.4, 0.5) is 22.0 Å². The Morgan fingerprint density at radius 3 is 1.72 bits per heavy atom. The zero-order valence-electron chi connectivity index (χ0n) is 12.6. The fourth-order valence-electron chi connectivity index (χ4n) is 1.97. The molecule has 0 bridgehead atoms. The van der Waals surface area contributed by atoms with E-state index in [0.29, 0.717) is 12.3 Å². The maximum absolute atomic E-state index is 13.9. The zero-order chi connectivity index (χ0) is 18.9. The van der Waals surface area contributed by atoms with E-state index in [-0.39, 0.29) is 0 Å². The lowest BCUT2D eigenvalue weighted by molar-refractivity contribution is 0.0555. The highest BCUT2D eigenvalue weighted by atomic mass is 19.2. The summed E-state index contributed by atoms with van der Waals surface area (Å²) in [5.74, 6) is -13.1. The third-order valence-corrected chi connectivity index (χ3v) is 3.18. The first-order valence-corrected chi connectivity index (χ1v) is 6.43. The summed E-state index contributed by atoms with van der Waals surface area (Å²) in [5, 5.41) is 0. The molecule has 0 radical (unpaired) electrons. The van der Waals surface area contributed by atoms with Crippen molar-refractivity contribution in [3.8, 4) is 11.3 Å². The molecule has 5 nitrogen and oxygen atoms in total. The van der Waals surface area contributed by atoms with E-state index in [4.69, 9.17) is 0 Å². The fraction of sp³-hybridized carbons (Fsp3) is 0.133. The smallest absolute Gasteiger partial charge is 0.340 e. The monoisotopic (exact) mass is 361 g/mol. The SMILES string of the molecule is COC(=O)c1cnc(-c2c(F)c(F)c(F)c(F)c2F)cc1C(=O)OC. The van der Waals surface area contributed by atoms with Crippen LogP contribution in [-0.4, -0.2) is 31.1 Å². The highest BCUT2D eigenvalue weighted by Crippen LogP contribution is 2.31. The summed E-state index contributed by atoms with van der Waals surface area (Å²) < 4.78 is 76.3. The molecule has 10 heteroatoms. The van der Waals surface area contributed by atoms with Gasteiger partial charge in [-0.25, -0.2) is 31.5 Å². The second kappa shape index (κ2) is 6.83. The van der Waals surface area contributed by atoms with Crippen LogP contribution in [0.25, 0.3) is 11.3 Å². The molecule has 0 saturated carbocycles. The van der Waals surface area contributed by atoms with E-state index in [1.165, 1.54) is 0 Å². The molecule has 2 rings (SSSR count). The van der Waals surface area contributed by atoms with Crippen LogP contribution >= 0.6 is 0 Å². The van der Waals surface area contributed by atoms with Crippen molar-refractivity contribution in [3.05, 3.63) is 52.5 Å². The quantitative estimate of drug-likeness (QED) is 0.364. The number of pyridine rings is 1. The van der Waals surface area contributed by atoms with E-state index >= 15 is 0 Å². The van der Waals surface area contributed by atoms with Gasteiger partial charge in [0.2, 0.25) is 5.82 Å². The maximum atomic E-state index is 13.9. The number of carbonyl (C=O) groups excluding carboxylic acids is 2. The molecule has 0 unspecified atom stereocenters. The first-order valence-electron chi connectivity index (χ1n) is 6.43. The molecule has 1 aromatic heterocycles. The molecule has 0 amide bonds. The number of esters is 2. The molecule has 0 N–H and O–H groups in total. The van der Waals surface area contributed by atoms with Crippen LogP contribution < -0.4 is 0 Å². The molecule has 0 fully saturated rings. The Balaban J connectivity index is 2.78. The number of carbonyl (C=O) groups is 2. The molecule has 0 aliphatic rings. The molecule has 25 heavy (non-hydrogen) atoms. The Kier molecular flexibility index (Phi) is 5.00. The lowest BCUT2D eigenvalue weighted by Crippen LogP contribution is -2.13. The number of hydrogen-bond donors (Lipinski definition) is 0. The Morgan fingerprint density at radius 1 is 0.800 bits per heavy atom. The van der Waals surface area contributed by atoms with Gasteiger partial charge in [0, 0.05) is 6.20 Å². The predicted molar refractivity (Wildman–Crippen MR) is 72.1 cm³/mol. The van der Waals surface area contributed by atoms with Crippen LogP contribution in [0.3, 0.4) is 0 Å². The Labute approximate surface area is 137 Å². The number of aromatic nitrogens is 1. The molecular weight excluding hydrogens is 353 g/mol. The number of halogens is 5. The summed E-state index contributed by atoms with van der Waals surface area (Å²) in [7, 11) is 1.96. The molecular formula is C15H8F5NO4. The van der Waals surface area contributed by atoms with E-state index in [1.54, 1.807) is 0 Å². The Bertz CT molecular complexity index is 856. The van der Waals surface area contributed by atoms with Crippen LogP contribution in [0.1, 0.15) is 20.7 Å². The average Bonchev–Trinajstić information content (AvgIpc) is 2.63. The van der Waals surface area contributed by atoms with Crippen molar-refractivity contribution in [1.29, 1.82) is 0 Å². The number of methoxy groups -OCH3 is 2. The summed E-state index contributed by atoms with van der Waals surface area (Å²) in [6, 6.07) is 0.663. The summed E-state index contributed by atoms with van der Waals surface area (Å²) >= 11 is 0. The summed E-state index contributed by atoms with van der Waals surface area (Å²) in [6.07, 6.45) is 0.700. The van der Waals surface area contributed by atoms with Gasteiger partial charge in [-0.2, -0.15) is 0 Å². The van der Waals surface area contributed by atoms with Gasteiger partial charge in [-0.15, -0.1) is 0 Å². The van der Waals surface area contributed by atoms with E-state index in [9.17, 15) is 31.5 Å². The minimum atomic E-state index is -2.34. The van der Waals surface area contributed by atoms with Crippen LogP contribution in [0, 0.1) is 29.1 Å². The van der Waals surface area contributed by atoms with Crippen molar-refractivity contribution in [2.75, 3.05) is 14.2 Å². The van der Waals surface area contributed by atoms with Gasteiger partial charge in [-0.1, -0.05) is 0 Å². The average molecular weight is 361 g/mol. The van der Waals surface area contributed by atoms with Gasteiger partial charge in [0.1, 0.15) is 0 Å². The van der Waals surface area contributed by atoms with Crippen molar-refractivity contribution in [1.82, 2.24) is 4.98 Å². The first-order chi connectivity index (χ1) is 11.7. The molecule has 0 saturated heterocycles. The number of ether oxygens (including phenoxy) is 2. The third-order valence-electron chi connectivity index (χ3n) is 3.18. The van der Waals surface area contributed by atoms with Gasteiger partial charge in [0.25, 0.3) is 0 Å². The van der Waals surface area contributed by atoms with Crippen LogP contribution in [-0.2, 0) is 9.47 Å².